The SMILES string of the molecule is NC1=[NH+][C@H]2C(C(=O)NO)NC(N)=[N+]3C[C@H](NC(=O)c4cccc5c4CCCC5)C(O)(O)[C@]23N1. The molecule has 0 radical (unpaired) electrons. The molecule has 3 aliphatic heterocycles. The summed E-state index contributed by atoms with van der Waals surface area (Å²) in [5.74, 6) is -3.97. The van der Waals surface area contributed by atoms with E-state index >= 15 is 0 Å². The lowest BCUT2D eigenvalue weighted by Gasteiger charge is -2.40. The van der Waals surface area contributed by atoms with E-state index in [1.807, 2.05) is 12.1 Å². The van der Waals surface area contributed by atoms with E-state index in [1.54, 1.807) is 11.5 Å². The van der Waals surface area contributed by atoms with Crippen molar-refractivity contribution >= 4 is 23.7 Å². The summed E-state index contributed by atoms with van der Waals surface area (Å²) in [6, 6.07) is 2.11. The quantitative estimate of drug-likeness (QED) is 0.0899. The van der Waals surface area contributed by atoms with Gasteiger partial charge in [0.2, 0.25) is 0 Å². The molecule has 4 aliphatic rings. The van der Waals surface area contributed by atoms with Gasteiger partial charge in [-0.2, -0.15) is 0 Å². The predicted molar refractivity (Wildman–Crippen MR) is 112 cm³/mol. The maximum atomic E-state index is 13.3. The average molecular weight is 460 g/mol. The first-order valence-electron chi connectivity index (χ1n) is 10.8. The number of guanidine groups is 2. The van der Waals surface area contributed by atoms with Gasteiger partial charge >= 0.3 is 11.9 Å². The number of hydrogen-bond donors (Lipinski definition) is 10. The first-order valence-corrected chi connectivity index (χ1v) is 10.8. The Morgan fingerprint density at radius 1 is 1.21 bits per heavy atom. The molecule has 0 bridgehead atoms. The van der Waals surface area contributed by atoms with Gasteiger partial charge in [0, 0.05) is 5.56 Å². The first kappa shape index (κ1) is 21.4. The van der Waals surface area contributed by atoms with Crippen molar-refractivity contribution in [2.75, 3.05) is 6.54 Å². The van der Waals surface area contributed by atoms with Gasteiger partial charge in [-0.25, -0.2) is 15.4 Å². The number of nitrogens with two attached hydrogens (primary N) is 2. The van der Waals surface area contributed by atoms with Gasteiger partial charge in [-0.1, -0.05) is 12.1 Å². The molecule has 12 N–H and O–H groups in total. The lowest BCUT2D eigenvalue weighted by atomic mass is 9.84. The molecular weight excluding hydrogens is 432 g/mol. The monoisotopic (exact) mass is 460 g/mol. The number of hydroxylamine groups is 1. The standard InChI is InChI=1S/C20H26N8O5/c21-17-25-14-13(16(30)27-33)24-18(22)28-8-12(20(31,32)19(14,28)26-17)23-15(29)11-7-3-5-9-4-1-2-6-10(9)11/h3,5,7,12-14,31-32H,1-2,4,6,8H2,(H8,21,22,23,24,25,26,27,29,30,33)/p+2/t12-,13?,14-,19-/m0/s1. The van der Waals surface area contributed by atoms with E-state index in [9.17, 15) is 19.8 Å². The Balaban J connectivity index is 1.50. The van der Waals surface area contributed by atoms with Crippen LogP contribution >= 0.6 is 0 Å². The number of aliphatic hydroxyl groups is 2. The lowest BCUT2D eigenvalue weighted by Crippen LogP contribution is -2.92. The maximum Gasteiger partial charge on any atom is 0.347 e. The molecule has 2 amide bonds. The second-order valence-corrected chi connectivity index (χ2v) is 8.92. The van der Waals surface area contributed by atoms with Crippen molar-refractivity contribution in [2.45, 2.75) is 55.3 Å². The van der Waals surface area contributed by atoms with Crippen molar-refractivity contribution in [2.24, 2.45) is 11.5 Å². The van der Waals surface area contributed by atoms with E-state index in [-0.39, 0.29) is 18.5 Å². The van der Waals surface area contributed by atoms with E-state index in [0.29, 0.717) is 5.56 Å². The number of nitrogens with one attached hydrogen (secondary N) is 5. The van der Waals surface area contributed by atoms with Crippen molar-refractivity contribution in [1.29, 1.82) is 0 Å². The highest BCUT2D eigenvalue weighted by Gasteiger charge is 2.78. The van der Waals surface area contributed by atoms with Gasteiger partial charge in [0.1, 0.15) is 6.04 Å². The van der Waals surface area contributed by atoms with E-state index < -0.39 is 41.4 Å². The Morgan fingerprint density at radius 3 is 2.73 bits per heavy atom. The molecule has 4 atom stereocenters. The van der Waals surface area contributed by atoms with E-state index in [2.05, 4.69) is 20.9 Å². The second-order valence-electron chi connectivity index (χ2n) is 8.92. The Labute approximate surface area is 188 Å². The second kappa shape index (κ2) is 7.30. The molecule has 1 spiro atoms. The number of nitrogens with zero attached hydrogens (tertiary/aromatic N) is 1. The van der Waals surface area contributed by atoms with Crippen molar-refractivity contribution < 1.29 is 34.6 Å². The van der Waals surface area contributed by atoms with Crippen LogP contribution in [0.15, 0.2) is 18.2 Å². The number of carbonyl (C=O) groups is 2. The molecule has 1 fully saturated rings. The number of hydrogen-bond acceptors (Lipinski definition) is 9. The molecule has 1 unspecified atom stereocenters. The Hall–Kier alpha value is -3.42. The van der Waals surface area contributed by atoms with E-state index in [4.69, 9.17) is 16.7 Å². The van der Waals surface area contributed by atoms with Crippen molar-refractivity contribution in [3.05, 3.63) is 34.9 Å². The van der Waals surface area contributed by atoms with Crippen molar-refractivity contribution in [3.8, 4) is 0 Å². The molecule has 3 heterocycles. The minimum Gasteiger partial charge on any atom is -0.358 e. The molecule has 1 aromatic rings. The molecule has 33 heavy (non-hydrogen) atoms. The van der Waals surface area contributed by atoms with Crippen LogP contribution in [0.5, 0.6) is 0 Å². The molecule has 0 aromatic heterocycles. The summed E-state index contributed by atoms with van der Waals surface area (Å²) in [4.78, 5) is 28.3. The fraction of sp³-hybridized carbons (Fsp3) is 0.500. The predicted octanol–water partition coefficient (Wildman–Crippen LogP) is -5.77. The summed E-state index contributed by atoms with van der Waals surface area (Å²) >= 11 is 0. The molecule has 0 saturated carbocycles. The van der Waals surface area contributed by atoms with Crippen LogP contribution in [-0.2, 0) is 17.6 Å². The van der Waals surface area contributed by atoms with Crippen molar-refractivity contribution in [3.63, 3.8) is 0 Å². The van der Waals surface area contributed by atoms with Gasteiger partial charge in [0.25, 0.3) is 23.3 Å². The summed E-state index contributed by atoms with van der Waals surface area (Å²) in [5.41, 5.74) is 14.4. The Morgan fingerprint density at radius 2 is 1.97 bits per heavy atom. The minimum absolute atomic E-state index is 0.0196. The largest absolute Gasteiger partial charge is 0.358 e. The third-order valence-corrected chi connectivity index (χ3v) is 7.19. The van der Waals surface area contributed by atoms with Gasteiger partial charge < -0.3 is 15.5 Å². The summed E-state index contributed by atoms with van der Waals surface area (Å²) in [5, 5.41) is 40.2. The third-order valence-electron chi connectivity index (χ3n) is 7.19. The number of fused-ring (bicyclic) bond motifs is 1. The van der Waals surface area contributed by atoms with Crippen LogP contribution in [-0.4, -0.2) is 79.8 Å². The van der Waals surface area contributed by atoms with Crippen LogP contribution in [0.1, 0.15) is 34.3 Å². The van der Waals surface area contributed by atoms with Gasteiger partial charge in [0.15, 0.2) is 12.1 Å². The zero-order valence-corrected chi connectivity index (χ0v) is 17.8. The topological polar surface area (TPSA) is 212 Å². The highest BCUT2D eigenvalue weighted by atomic mass is 16.5. The van der Waals surface area contributed by atoms with Gasteiger partial charge in [-0.3, -0.25) is 36.6 Å². The van der Waals surface area contributed by atoms with Gasteiger partial charge in [-0.05, 0) is 42.9 Å². The maximum absolute atomic E-state index is 13.3. The van der Waals surface area contributed by atoms with Crippen LogP contribution in [0.3, 0.4) is 0 Å². The highest BCUT2D eigenvalue weighted by Crippen LogP contribution is 2.37. The van der Waals surface area contributed by atoms with Gasteiger partial charge in [0.05, 0.1) is 6.54 Å². The van der Waals surface area contributed by atoms with Crippen LogP contribution in [0.2, 0.25) is 0 Å². The number of rotatable bonds is 3. The van der Waals surface area contributed by atoms with Crippen LogP contribution in [0.25, 0.3) is 0 Å². The molecule has 1 aliphatic carbocycles. The smallest absolute Gasteiger partial charge is 0.347 e. The number of carbonyl (C=O) groups excluding carboxylic acids is 2. The zero-order valence-electron chi connectivity index (χ0n) is 17.8. The molecule has 1 saturated heterocycles. The Bertz CT molecular complexity index is 1100. The number of benzene rings is 1. The normalized spacial score (nSPS) is 31.4. The van der Waals surface area contributed by atoms with Crippen LogP contribution in [0.4, 0.5) is 0 Å². The third kappa shape index (κ3) is 2.89. The Kier molecular flexibility index (Phi) is 4.74. The summed E-state index contributed by atoms with van der Waals surface area (Å²) in [6.07, 6.45) is 3.74. The number of aryl methyl sites for hydroxylation is 1. The molecule has 13 nitrogen and oxygen atoms in total. The van der Waals surface area contributed by atoms with Gasteiger partial charge in [-0.15, -0.1) is 0 Å². The molecular formula is C20H28N8O5+2. The fourth-order valence-corrected chi connectivity index (χ4v) is 5.66. The highest BCUT2D eigenvalue weighted by molar-refractivity contribution is 5.96. The van der Waals surface area contributed by atoms with E-state index in [1.165, 1.54) is 4.58 Å². The number of amides is 2. The molecule has 13 heteroatoms. The van der Waals surface area contributed by atoms with Crippen LogP contribution < -0.4 is 37.9 Å². The summed E-state index contributed by atoms with van der Waals surface area (Å²) < 4.78 is 1.41. The van der Waals surface area contributed by atoms with Crippen molar-refractivity contribution in [1.82, 2.24) is 21.4 Å². The average Bonchev–Trinajstić information content (AvgIpc) is 3.27. The van der Waals surface area contributed by atoms with E-state index in [0.717, 1.165) is 36.8 Å². The molecule has 1 aromatic carbocycles. The summed E-state index contributed by atoms with van der Waals surface area (Å²) in [6.45, 7) is -0.0848. The molecule has 176 valence electrons. The minimum atomic E-state index is -2.61. The zero-order chi connectivity index (χ0) is 23.5. The molecule has 5 rings (SSSR count). The fourth-order valence-electron chi connectivity index (χ4n) is 5.66. The summed E-state index contributed by atoms with van der Waals surface area (Å²) in [7, 11) is 0. The van der Waals surface area contributed by atoms with Crippen LogP contribution in [0, 0.1) is 0 Å². The lowest BCUT2D eigenvalue weighted by molar-refractivity contribution is -0.672. The first-order chi connectivity index (χ1) is 15.7.